The first-order valence-electron chi connectivity index (χ1n) is 9.88. The van der Waals surface area contributed by atoms with Gasteiger partial charge in [-0.15, -0.1) is 0 Å². The van der Waals surface area contributed by atoms with Gasteiger partial charge >= 0.3 is 5.97 Å². The third kappa shape index (κ3) is 4.41. The quantitative estimate of drug-likeness (QED) is 0.719. The van der Waals surface area contributed by atoms with Crippen molar-refractivity contribution >= 4 is 11.9 Å². The van der Waals surface area contributed by atoms with Crippen LogP contribution < -0.4 is 14.8 Å². The van der Waals surface area contributed by atoms with E-state index in [-0.39, 0.29) is 24.5 Å². The zero-order valence-corrected chi connectivity index (χ0v) is 16.9. The van der Waals surface area contributed by atoms with Gasteiger partial charge in [-0.25, -0.2) is 0 Å². The minimum absolute atomic E-state index is 0.0880. The van der Waals surface area contributed by atoms with Crippen molar-refractivity contribution in [2.45, 2.75) is 50.7 Å². The van der Waals surface area contributed by atoms with Crippen LogP contribution in [0.2, 0.25) is 0 Å². The Bertz CT molecular complexity index is 708. The fourth-order valence-corrected chi connectivity index (χ4v) is 4.56. The summed E-state index contributed by atoms with van der Waals surface area (Å²) in [5.41, 5.74) is 0.924. The van der Waals surface area contributed by atoms with Crippen LogP contribution in [0, 0.1) is 5.92 Å². The van der Waals surface area contributed by atoms with Crippen LogP contribution >= 0.6 is 0 Å². The number of nitrogens with one attached hydrogen (secondary N) is 1. The van der Waals surface area contributed by atoms with Crippen LogP contribution in [0.15, 0.2) is 18.2 Å². The molecule has 1 heterocycles. The van der Waals surface area contributed by atoms with Crippen molar-refractivity contribution in [1.29, 1.82) is 0 Å². The van der Waals surface area contributed by atoms with E-state index in [0.717, 1.165) is 31.2 Å². The number of rotatable bonds is 7. The summed E-state index contributed by atoms with van der Waals surface area (Å²) in [4.78, 5) is 26.9. The number of hydrogen-bond acceptors (Lipinski definition) is 6. The first kappa shape index (κ1) is 20.5. The van der Waals surface area contributed by atoms with E-state index in [1.165, 1.54) is 13.5 Å². The highest BCUT2D eigenvalue weighted by Crippen LogP contribution is 2.39. The fraction of sp³-hybridized carbons (Fsp3) is 0.619. The summed E-state index contributed by atoms with van der Waals surface area (Å²) in [6.45, 7) is 0.609. The number of nitrogens with zero attached hydrogens (tertiary/aromatic N) is 1. The van der Waals surface area contributed by atoms with Crippen LogP contribution in [-0.4, -0.2) is 56.7 Å². The summed E-state index contributed by atoms with van der Waals surface area (Å²) in [7, 11) is 4.59. The smallest absolute Gasteiger partial charge is 0.323 e. The minimum Gasteiger partial charge on any atom is -0.493 e. The summed E-state index contributed by atoms with van der Waals surface area (Å²) in [6.07, 6.45) is 5.32. The summed E-state index contributed by atoms with van der Waals surface area (Å²) >= 11 is 0. The van der Waals surface area contributed by atoms with E-state index in [9.17, 15) is 9.59 Å². The van der Waals surface area contributed by atoms with Gasteiger partial charge in [0.25, 0.3) is 0 Å². The molecule has 1 aromatic carbocycles. The van der Waals surface area contributed by atoms with E-state index in [2.05, 4.69) is 10.2 Å². The molecule has 1 aliphatic heterocycles. The van der Waals surface area contributed by atoms with E-state index in [0.29, 0.717) is 30.0 Å². The number of likely N-dealkylation sites (tertiary alicyclic amines) is 1. The number of esters is 1. The first-order chi connectivity index (χ1) is 13.6. The summed E-state index contributed by atoms with van der Waals surface area (Å²) in [5, 5.41) is 2.96. The van der Waals surface area contributed by atoms with Crippen molar-refractivity contribution in [3.63, 3.8) is 0 Å². The van der Waals surface area contributed by atoms with Gasteiger partial charge in [0.1, 0.15) is 6.04 Å². The highest BCUT2D eigenvalue weighted by molar-refractivity contribution is 5.81. The molecule has 3 rings (SSSR count). The van der Waals surface area contributed by atoms with Crippen molar-refractivity contribution in [3.05, 3.63) is 23.8 Å². The predicted octanol–water partition coefficient (Wildman–Crippen LogP) is 2.13. The second kappa shape index (κ2) is 9.28. The minimum atomic E-state index is -0.315. The van der Waals surface area contributed by atoms with Crippen LogP contribution in [0.3, 0.4) is 0 Å². The number of fused-ring (bicyclic) bond motifs is 1. The van der Waals surface area contributed by atoms with Crippen molar-refractivity contribution in [2.75, 3.05) is 27.9 Å². The molecule has 1 saturated heterocycles. The maximum Gasteiger partial charge on any atom is 0.323 e. The Morgan fingerprint density at radius 2 is 1.86 bits per heavy atom. The van der Waals surface area contributed by atoms with Crippen LogP contribution in [0.5, 0.6) is 11.5 Å². The van der Waals surface area contributed by atoms with Crippen LogP contribution in [-0.2, 0) is 20.9 Å². The van der Waals surface area contributed by atoms with Crippen molar-refractivity contribution in [2.24, 2.45) is 5.92 Å². The zero-order valence-electron chi connectivity index (χ0n) is 16.9. The Kier molecular flexibility index (Phi) is 6.78. The molecule has 1 N–H and O–H groups in total. The number of benzene rings is 1. The maximum atomic E-state index is 12.6. The number of hydrogen-bond donors (Lipinski definition) is 1. The molecule has 1 amide bonds. The molecule has 1 aliphatic carbocycles. The molecule has 1 saturated carbocycles. The Morgan fingerprint density at radius 3 is 2.57 bits per heavy atom. The lowest BCUT2D eigenvalue weighted by molar-refractivity contribution is -0.146. The topological polar surface area (TPSA) is 77.1 Å². The molecular formula is C21H30N2O5. The lowest BCUT2D eigenvalue weighted by Gasteiger charge is -2.32. The van der Waals surface area contributed by atoms with Gasteiger partial charge in [-0.1, -0.05) is 18.9 Å². The monoisotopic (exact) mass is 390 g/mol. The third-order valence-corrected chi connectivity index (χ3v) is 5.96. The van der Waals surface area contributed by atoms with E-state index >= 15 is 0 Å². The third-order valence-electron chi connectivity index (χ3n) is 5.96. The van der Waals surface area contributed by atoms with Crippen molar-refractivity contribution in [3.8, 4) is 11.5 Å². The normalized spacial score (nSPS) is 24.3. The average Bonchev–Trinajstić information content (AvgIpc) is 3.09. The molecule has 0 radical (unpaired) electrons. The summed E-state index contributed by atoms with van der Waals surface area (Å²) in [5.74, 6) is 1.44. The fourth-order valence-electron chi connectivity index (χ4n) is 4.56. The van der Waals surface area contributed by atoms with Gasteiger partial charge in [-0.05, 0) is 42.9 Å². The number of ether oxygens (including phenoxy) is 3. The van der Waals surface area contributed by atoms with Gasteiger partial charge in [-0.2, -0.15) is 0 Å². The van der Waals surface area contributed by atoms with Crippen LogP contribution in [0.25, 0.3) is 0 Å². The second-order valence-electron chi connectivity index (χ2n) is 7.52. The number of amides is 1. The van der Waals surface area contributed by atoms with Gasteiger partial charge in [0, 0.05) is 12.6 Å². The highest BCUT2D eigenvalue weighted by Gasteiger charge is 2.46. The summed E-state index contributed by atoms with van der Waals surface area (Å²) in [6, 6.07) is 5.55. The highest BCUT2D eigenvalue weighted by atomic mass is 16.5. The Morgan fingerprint density at radius 1 is 1.11 bits per heavy atom. The molecule has 7 nitrogen and oxygen atoms in total. The lowest BCUT2D eigenvalue weighted by Crippen LogP contribution is -2.47. The van der Waals surface area contributed by atoms with Crippen molar-refractivity contribution in [1.82, 2.24) is 10.2 Å². The van der Waals surface area contributed by atoms with Gasteiger partial charge in [0.15, 0.2) is 11.5 Å². The van der Waals surface area contributed by atoms with E-state index < -0.39 is 0 Å². The Balaban J connectivity index is 1.61. The number of carbonyl (C=O) groups is 2. The summed E-state index contributed by atoms with van der Waals surface area (Å²) < 4.78 is 15.5. The molecule has 2 aliphatic rings. The van der Waals surface area contributed by atoms with E-state index in [1.54, 1.807) is 14.2 Å². The number of carbonyl (C=O) groups excluding carboxylic acids is 2. The molecule has 28 heavy (non-hydrogen) atoms. The molecular weight excluding hydrogens is 360 g/mol. The SMILES string of the molecule is COC(=O)C1CC2CCCCC2N1CC(=O)NCc1ccc(OC)c(OC)c1. The molecule has 0 aromatic heterocycles. The maximum absolute atomic E-state index is 12.6. The molecule has 0 spiro atoms. The lowest BCUT2D eigenvalue weighted by atomic mass is 9.85. The Labute approximate surface area is 166 Å². The molecule has 3 atom stereocenters. The predicted molar refractivity (Wildman–Crippen MR) is 104 cm³/mol. The number of methoxy groups -OCH3 is 3. The molecule has 2 fully saturated rings. The molecule has 154 valence electrons. The van der Waals surface area contributed by atoms with Gasteiger partial charge in [0.2, 0.25) is 5.91 Å². The van der Waals surface area contributed by atoms with Gasteiger partial charge in [-0.3, -0.25) is 14.5 Å². The average molecular weight is 390 g/mol. The van der Waals surface area contributed by atoms with Crippen molar-refractivity contribution < 1.29 is 23.8 Å². The van der Waals surface area contributed by atoms with E-state index in [4.69, 9.17) is 14.2 Å². The largest absolute Gasteiger partial charge is 0.493 e. The van der Waals surface area contributed by atoms with E-state index in [1.807, 2.05) is 18.2 Å². The molecule has 1 aromatic rings. The molecule has 3 unspecified atom stereocenters. The first-order valence-corrected chi connectivity index (χ1v) is 9.88. The second-order valence-corrected chi connectivity index (χ2v) is 7.52. The van der Waals surface area contributed by atoms with Crippen LogP contribution in [0.1, 0.15) is 37.7 Å². The van der Waals surface area contributed by atoms with Gasteiger partial charge < -0.3 is 19.5 Å². The van der Waals surface area contributed by atoms with Gasteiger partial charge in [0.05, 0.1) is 27.9 Å². The molecule has 7 heteroatoms. The Hall–Kier alpha value is -2.28. The van der Waals surface area contributed by atoms with Crippen LogP contribution in [0.4, 0.5) is 0 Å². The standard InChI is InChI=1S/C21H30N2O5/c1-26-18-9-8-14(10-19(18)27-2)12-22-20(24)13-23-16-7-5-4-6-15(16)11-17(23)21(25)28-3/h8-10,15-17H,4-7,11-13H2,1-3H3,(H,22,24). The zero-order chi connectivity index (χ0) is 20.1. The molecule has 0 bridgehead atoms.